The molecule has 0 aliphatic carbocycles. The first-order valence-corrected chi connectivity index (χ1v) is 9.69. The van der Waals surface area contributed by atoms with E-state index in [0.717, 1.165) is 12.1 Å². The number of piperidine rings is 1. The zero-order valence-electron chi connectivity index (χ0n) is 13.9. The maximum atomic E-state index is 13.0. The molecule has 0 unspecified atom stereocenters. The fourth-order valence-corrected chi connectivity index (χ4v) is 3.88. The Kier molecular flexibility index (Phi) is 5.24. The van der Waals surface area contributed by atoms with Crippen molar-refractivity contribution in [2.24, 2.45) is 0 Å². The molecular weight excluding hydrogens is 359 g/mol. The number of benzene rings is 2. The van der Waals surface area contributed by atoms with Gasteiger partial charge in [0.1, 0.15) is 5.82 Å². The second-order valence-corrected chi connectivity index (χ2v) is 7.85. The van der Waals surface area contributed by atoms with Crippen molar-refractivity contribution in [3.05, 3.63) is 59.9 Å². The second-order valence-electron chi connectivity index (χ2n) is 6.16. The van der Waals surface area contributed by atoms with Crippen LogP contribution < -0.4 is 4.72 Å². The van der Waals surface area contributed by atoms with Gasteiger partial charge in [-0.25, -0.2) is 12.8 Å². The molecule has 1 aliphatic rings. The van der Waals surface area contributed by atoms with Crippen molar-refractivity contribution in [3.8, 4) is 0 Å². The zero-order valence-corrected chi connectivity index (χ0v) is 14.7. The van der Waals surface area contributed by atoms with E-state index in [1.807, 2.05) is 0 Å². The number of halogens is 1. The summed E-state index contributed by atoms with van der Waals surface area (Å²) in [6, 6.07) is 10.7. The van der Waals surface area contributed by atoms with Gasteiger partial charge in [0, 0.05) is 24.3 Å². The van der Waals surface area contributed by atoms with Gasteiger partial charge in [0.25, 0.3) is 15.9 Å². The smallest absolute Gasteiger partial charge is 0.261 e. The molecule has 0 bridgehead atoms. The standard InChI is InChI=1S/C18H19FN2O4S/c19-14-4-6-15(7-5-14)20-26(24,25)17-3-1-2-13(12-17)18(23)21-10-8-16(22)9-11-21/h1-7,12,16,20,22H,8-11H2. The van der Waals surface area contributed by atoms with Gasteiger partial charge in [-0.15, -0.1) is 0 Å². The van der Waals surface area contributed by atoms with Crippen LogP contribution in [0.25, 0.3) is 0 Å². The number of hydrogen-bond donors (Lipinski definition) is 2. The van der Waals surface area contributed by atoms with Crippen molar-refractivity contribution in [3.63, 3.8) is 0 Å². The van der Waals surface area contributed by atoms with E-state index in [-0.39, 0.29) is 22.1 Å². The third-order valence-electron chi connectivity index (χ3n) is 4.24. The lowest BCUT2D eigenvalue weighted by Crippen LogP contribution is -2.40. The molecule has 2 aromatic carbocycles. The summed E-state index contributed by atoms with van der Waals surface area (Å²) >= 11 is 0. The van der Waals surface area contributed by atoms with Crippen molar-refractivity contribution in [2.45, 2.75) is 23.8 Å². The molecule has 26 heavy (non-hydrogen) atoms. The van der Waals surface area contributed by atoms with Crippen molar-refractivity contribution in [2.75, 3.05) is 17.8 Å². The first-order chi connectivity index (χ1) is 12.3. The summed E-state index contributed by atoms with van der Waals surface area (Å²) in [5, 5.41) is 9.54. The lowest BCUT2D eigenvalue weighted by atomic mass is 10.1. The Balaban J connectivity index is 1.79. The molecule has 1 saturated heterocycles. The predicted molar refractivity (Wildman–Crippen MR) is 94.8 cm³/mol. The summed E-state index contributed by atoms with van der Waals surface area (Å²) in [6.07, 6.45) is 0.622. The first kappa shape index (κ1) is 18.3. The lowest BCUT2D eigenvalue weighted by molar-refractivity contribution is 0.0546. The number of likely N-dealkylation sites (tertiary alicyclic amines) is 1. The molecule has 138 valence electrons. The van der Waals surface area contributed by atoms with E-state index in [1.54, 1.807) is 11.0 Å². The van der Waals surface area contributed by atoms with E-state index in [0.29, 0.717) is 25.9 Å². The van der Waals surface area contributed by atoms with Crippen LogP contribution in [-0.2, 0) is 10.0 Å². The van der Waals surface area contributed by atoms with Crippen LogP contribution in [0.2, 0.25) is 0 Å². The van der Waals surface area contributed by atoms with Gasteiger partial charge in [-0.3, -0.25) is 9.52 Å². The highest BCUT2D eigenvalue weighted by atomic mass is 32.2. The SMILES string of the molecule is O=C(c1cccc(S(=O)(=O)Nc2ccc(F)cc2)c1)N1CCC(O)CC1. The summed E-state index contributed by atoms with van der Waals surface area (Å²) in [4.78, 5) is 14.1. The largest absolute Gasteiger partial charge is 0.393 e. The molecule has 0 aromatic heterocycles. The van der Waals surface area contributed by atoms with E-state index in [2.05, 4.69) is 4.72 Å². The molecule has 8 heteroatoms. The van der Waals surface area contributed by atoms with Crippen LogP contribution >= 0.6 is 0 Å². The van der Waals surface area contributed by atoms with Gasteiger partial charge in [0.15, 0.2) is 0 Å². The van der Waals surface area contributed by atoms with Gasteiger partial charge in [-0.1, -0.05) is 6.07 Å². The van der Waals surface area contributed by atoms with Gasteiger partial charge in [-0.2, -0.15) is 0 Å². The lowest BCUT2D eigenvalue weighted by Gasteiger charge is -2.29. The molecule has 0 atom stereocenters. The summed E-state index contributed by atoms with van der Waals surface area (Å²) in [6.45, 7) is 0.871. The maximum Gasteiger partial charge on any atom is 0.261 e. The van der Waals surface area contributed by atoms with Crippen LogP contribution in [0, 0.1) is 5.82 Å². The number of carbonyl (C=O) groups excluding carboxylic acids is 1. The second kappa shape index (κ2) is 7.43. The van der Waals surface area contributed by atoms with Crippen molar-refractivity contribution < 1.29 is 22.7 Å². The van der Waals surface area contributed by atoms with Crippen LogP contribution in [0.1, 0.15) is 23.2 Å². The van der Waals surface area contributed by atoms with Crippen LogP contribution in [0.4, 0.5) is 10.1 Å². The quantitative estimate of drug-likeness (QED) is 0.854. The Labute approximate surface area is 151 Å². The molecule has 1 amide bonds. The average molecular weight is 378 g/mol. The molecule has 0 saturated carbocycles. The van der Waals surface area contributed by atoms with Gasteiger partial charge >= 0.3 is 0 Å². The van der Waals surface area contributed by atoms with Gasteiger partial charge in [0.2, 0.25) is 0 Å². The van der Waals surface area contributed by atoms with E-state index < -0.39 is 21.9 Å². The van der Waals surface area contributed by atoms with Crippen LogP contribution in [0.15, 0.2) is 53.4 Å². The molecule has 2 aromatic rings. The van der Waals surface area contributed by atoms with Crippen molar-refractivity contribution in [1.82, 2.24) is 4.90 Å². The average Bonchev–Trinajstić information content (AvgIpc) is 2.64. The number of amides is 1. The summed E-state index contributed by atoms with van der Waals surface area (Å²) in [7, 11) is -3.90. The van der Waals surface area contributed by atoms with Crippen LogP contribution in [-0.4, -0.2) is 43.5 Å². The number of anilines is 1. The Bertz CT molecular complexity index is 892. The summed E-state index contributed by atoms with van der Waals surface area (Å²) < 4.78 is 40.3. The highest BCUT2D eigenvalue weighted by molar-refractivity contribution is 7.92. The van der Waals surface area contributed by atoms with E-state index >= 15 is 0 Å². The number of aliphatic hydroxyl groups is 1. The zero-order chi connectivity index (χ0) is 18.7. The fourth-order valence-electron chi connectivity index (χ4n) is 2.78. The molecular formula is C18H19FN2O4S. The molecule has 6 nitrogen and oxygen atoms in total. The molecule has 1 fully saturated rings. The predicted octanol–water partition coefficient (Wildman–Crippen LogP) is 2.22. The molecule has 0 spiro atoms. The van der Waals surface area contributed by atoms with E-state index in [1.165, 1.54) is 30.3 Å². The molecule has 1 heterocycles. The monoisotopic (exact) mass is 378 g/mol. The van der Waals surface area contributed by atoms with Gasteiger partial charge < -0.3 is 10.0 Å². The molecule has 3 rings (SSSR count). The Morgan fingerprint density at radius 3 is 2.42 bits per heavy atom. The van der Waals surface area contributed by atoms with Crippen LogP contribution in [0.3, 0.4) is 0 Å². The summed E-state index contributed by atoms with van der Waals surface area (Å²) in [5.41, 5.74) is 0.497. The number of nitrogens with one attached hydrogen (secondary N) is 1. The van der Waals surface area contributed by atoms with Gasteiger partial charge in [0.05, 0.1) is 11.0 Å². The van der Waals surface area contributed by atoms with Crippen molar-refractivity contribution in [1.29, 1.82) is 0 Å². The highest BCUT2D eigenvalue weighted by Crippen LogP contribution is 2.19. The number of aliphatic hydroxyl groups excluding tert-OH is 1. The molecule has 2 N–H and O–H groups in total. The minimum atomic E-state index is -3.90. The topological polar surface area (TPSA) is 86.7 Å². The van der Waals surface area contributed by atoms with Crippen LogP contribution in [0.5, 0.6) is 0 Å². The molecule has 1 aliphatic heterocycles. The Morgan fingerprint density at radius 1 is 1.12 bits per heavy atom. The number of nitrogens with zero attached hydrogens (tertiary/aromatic N) is 1. The first-order valence-electron chi connectivity index (χ1n) is 8.21. The van der Waals surface area contributed by atoms with Crippen molar-refractivity contribution >= 4 is 21.6 Å². The third kappa shape index (κ3) is 4.20. The minimum absolute atomic E-state index is 0.0512. The Morgan fingerprint density at radius 2 is 1.77 bits per heavy atom. The Hall–Kier alpha value is -2.45. The summed E-state index contributed by atoms with van der Waals surface area (Å²) in [5.74, 6) is -0.733. The maximum absolute atomic E-state index is 13.0. The fraction of sp³-hybridized carbons (Fsp3) is 0.278. The third-order valence-corrected chi connectivity index (χ3v) is 5.62. The minimum Gasteiger partial charge on any atom is -0.393 e. The number of sulfonamides is 1. The number of carbonyl (C=O) groups is 1. The number of hydrogen-bond acceptors (Lipinski definition) is 4. The normalized spacial score (nSPS) is 15.7. The molecule has 0 radical (unpaired) electrons. The van der Waals surface area contributed by atoms with E-state index in [9.17, 15) is 22.7 Å². The highest BCUT2D eigenvalue weighted by Gasteiger charge is 2.23. The van der Waals surface area contributed by atoms with Gasteiger partial charge in [-0.05, 0) is 55.3 Å². The van der Waals surface area contributed by atoms with E-state index in [4.69, 9.17) is 0 Å². The number of rotatable bonds is 4.